The second kappa shape index (κ2) is 10.7. The van der Waals surface area contributed by atoms with E-state index in [2.05, 4.69) is 179 Å². The number of hydrogen-bond donors (Lipinski definition) is 0. The fourth-order valence-corrected chi connectivity index (χ4v) is 11.0. The monoisotopic (exact) mass is 696 g/mol. The third kappa shape index (κ3) is 3.88. The molecule has 52 heavy (non-hydrogen) atoms. The van der Waals surface area contributed by atoms with Crippen LogP contribution in [0.1, 0.15) is 0 Å². The first kappa shape index (κ1) is 28.5. The average Bonchev–Trinajstić information content (AvgIpc) is 3.95. The fourth-order valence-electron chi connectivity index (χ4n) is 8.71. The molecule has 4 heteroatoms. The van der Waals surface area contributed by atoms with Gasteiger partial charge in [0.05, 0.1) is 33.4 Å². The topological polar surface area (TPSA) is 9.86 Å². The molecule has 12 rings (SSSR count). The van der Waals surface area contributed by atoms with E-state index in [1.165, 1.54) is 106 Å². The number of fused-ring (bicyclic) bond motifs is 12. The summed E-state index contributed by atoms with van der Waals surface area (Å²) in [6.07, 6.45) is 0. The van der Waals surface area contributed by atoms with Crippen LogP contribution in [-0.2, 0) is 0 Å². The lowest BCUT2D eigenvalue weighted by Gasteiger charge is -2.11. The molecular formula is C48H28N2S2. The molecule has 0 unspecified atom stereocenters. The molecule has 2 nitrogen and oxygen atoms in total. The van der Waals surface area contributed by atoms with Gasteiger partial charge in [0.15, 0.2) is 0 Å². The molecule has 4 aromatic heterocycles. The van der Waals surface area contributed by atoms with Gasteiger partial charge in [-0.15, -0.1) is 22.7 Å². The molecule has 8 aromatic carbocycles. The molecule has 0 N–H and O–H groups in total. The smallest absolute Gasteiger partial charge is 0.0555 e. The van der Waals surface area contributed by atoms with Gasteiger partial charge in [-0.05, 0) is 83.9 Å². The summed E-state index contributed by atoms with van der Waals surface area (Å²) < 4.78 is 10.2. The summed E-state index contributed by atoms with van der Waals surface area (Å²) in [7, 11) is 0. The Morgan fingerprint density at radius 2 is 0.673 bits per heavy atom. The first-order chi connectivity index (χ1) is 25.8. The van der Waals surface area contributed by atoms with Crippen LogP contribution in [0.25, 0.3) is 106 Å². The van der Waals surface area contributed by atoms with E-state index >= 15 is 0 Å². The van der Waals surface area contributed by atoms with Crippen molar-refractivity contribution in [2.75, 3.05) is 0 Å². The molecule has 0 fully saturated rings. The molecule has 242 valence electrons. The van der Waals surface area contributed by atoms with Gasteiger partial charge in [-0.1, -0.05) is 97.1 Å². The molecule has 0 saturated carbocycles. The third-order valence-corrected chi connectivity index (χ3v) is 13.2. The Kier molecular flexibility index (Phi) is 5.84. The standard InChI is InChI=1S/C48H28N2S2/c1-5-15-37-31(11-1)35-27-29(23-25-39(35)49(37)41-17-9-21-45-47(41)33-13-3-7-19-43(33)51-45)30-24-26-40-36(28-30)32-12-2-6-16-38(32)50(40)42-18-10-22-46-48(42)34-14-4-8-20-44(34)52-46/h1-28H. The van der Waals surface area contributed by atoms with E-state index in [1.807, 2.05) is 22.7 Å². The quantitative estimate of drug-likeness (QED) is 0.174. The van der Waals surface area contributed by atoms with Crippen LogP contribution in [0, 0.1) is 0 Å². The Morgan fingerprint density at radius 1 is 0.288 bits per heavy atom. The summed E-state index contributed by atoms with van der Waals surface area (Å²) in [5.74, 6) is 0. The highest BCUT2D eigenvalue weighted by molar-refractivity contribution is 7.26. The van der Waals surface area contributed by atoms with Gasteiger partial charge in [-0.25, -0.2) is 0 Å². The number of aromatic nitrogens is 2. The normalized spacial score (nSPS) is 12.2. The van der Waals surface area contributed by atoms with E-state index in [9.17, 15) is 0 Å². The summed E-state index contributed by atoms with van der Waals surface area (Å²) in [6, 6.07) is 62.9. The van der Waals surface area contributed by atoms with Gasteiger partial charge in [0, 0.05) is 61.9 Å². The fraction of sp³-hybridized carbons (Fsp3) is 0. The highest BCUT2D eigenvalue weighted by Crippen LogP contribution is 2.44. The van der Waals surface area contributed by atoms with Crippen LogP contribution in [0.15, 0.2) is 170 Å². The lowest BCUT2D eigenvalue weighted by molar-refractivity contribution is 1.20. The maximum atomic E-state index is 2.47. The van der Waals surface area contributed by atoms with Crippen LogP contribution >= 0.6 is 22.7 Å². The van der Waals surface area contributed by atoms with Gasteiger partial charge < -0.3 is 9.13 Å². The van der Waals surface area contributed by atoms with Crippen molar-refractivity contribution in [3.63, 3.8) is 0 Å². The molecule has 0 atom stereocenters. The highest BCUT2D eigenvalue weighted by Gasteiger charge is 2.19. The van der Waals surface area contributed by atoms with Gasteiger partial charge >= 0.3 is 0 Å². The molecule has 0 aliphatic heterocycles. The molecule has 4 heterocycles. The van der Waals surface area contributed by atoms with Crippen LogP contribution in [-0.4, -0.2) is 9.13 Å². The van der Waals surface area contributed by atoms with Crippen LogP contribution in [0.5, 0.6) is 0 Å². The summed E-state index contributed by atoms with van der Waals surface area (Å²) in [6.45, 7) is 0. The molecule has 0 spiro atoms. The van der Waals surface area contributed by atoms with E-state index in [0.29, 0.717) is 0 Å². The summed E-state index contributed by atoms with van der Waals surface area (Å²) >= 11 is 3.74. The molecule has 0 saturated heterocycles. The number of hydrogen-bond acceptors (Lipinski definition) is 2. The Morgan fingerprint density at radius 3 is 1.15 bits per heavy atom. The Hall–Kier alpha value is -6.20. The summed E-state index contributed by atoms with van der Waals surface area (Å²) in [5, 5.41) is 10.3. The Labute approximate surface area is 306 Å². The maximum absolute atomic E-state index is 2.47. The summed E-state index contributed by atoms with van der Waals surface area (Å²) in [5.41, 5.74) is 9.81. The van der Waals surface area contributed by atoms with Crippen molar-refractivity contribution in [1.82, 2.24) is 9.13 Å². The molecule has 0 aliphatic rings. The van der Waals surface area contributed by atoms with E-state index in [-0.39, 0.29) is 0 Å². The van der Waals surface area contributed by atoms with Gasteiger partial charge in [0.1, 0.15) is 0 Å². The first-order valence-electron chi connectivity index (χ1n) is 17.7. The molecule has 12 aromatic rings. The Bertz CT molecular complexity index is 3190. The molecular weight excluding hydrogens is 669 g/mol. The van der Waals surface area contributed by atoms with E-state index in [0.717, 1.165) is 0 Å². The maximum Gasteiger partial charge on any atom is 0.0555 e. The number of thiophene rings is 2. The second-order valence-corrected chi connectivity index (χ2v) is 15.8. The van der Waals surface area contributed by atoms with Crippen molar-refractivity contribution < 1.29 is 0 Å². The third-order valence-electron chi connectivity index (χ3n) is 10.9. The SMILES string of the molecule is c1ccc2c(c1)sc1cccc(-n3c4ccccc4c4cc(-c5ccc6c(c5)c5ccccc5n6-c5cccc6sc7ccccc7c56)ccc43)c12. The van der Waals surface area contributed by atoms with Crippen LogP contribution < -0.4 is 0 Å². The highest BCUT2D eigenvalue weighted by atomic mass is 32.1. The van der Waals surface area contributed by atoms with Crippen LogP contribution in [0.2, 0.25) is 0 Å². The van der Waals surface area contributed by atoms with Crippen LogP contribution in [0.3, 0.4) is 0 Å². The van der Waals surface area contributed by atoms with Crippen molar-refractivity contribution in [2.45, 2.75) is 0 Å². The van der Waals surface area contributed by atoms with Gasteiger partial charge in [0.25, 0.3) is 0 Å². The minimum atomic E-state index is 1.22. The number of benzene rings is 8. The van der Waals surface area contributed by atoms with E-state index in [1.54, 1.807) is 0 Å². The lowest BCUT2D eigenvalue weighted by Crippen LogP contribution is -1.94. The zero-order valence-corrected chi connectivity index (χ0v) is 29.5. The molecule has 0 bridgehead atoms. The van der Waals surface area contributed by atoms with Crippen molar-refractivity contribution in [3.05, 3.63) is 170 Å². The zero-order chi connectivity index (χ0) is 33.9. The molecule has 0 amide bonds. The van der Waals surface area contributed by atoms with E-state index < -0.39 is 0 Å². The molecule has 0 radical (unpaired) electrons. The predicted molar refractivity (Wildman–Crippen MR) is 226 cm³/mol. The number of nitrogens with zero attached hydrogens (tertiary/aromatic N) is 2. The van der Waals surface area contributed by atoms with Crippen molar-refractivity contribution in [1.29, 1.82) is 0 Å². The lowest BCUT2D eigenvalue weighted by atomic mass is 10.0. The average molecular weight is 697 g/mol. The van der Waals surface area contributed by atoms with Gasteiger partial charge in [-0.3, -0.25) is 0 Å². The predicted octanol–water partition coefficient (Wildman–Crippen LogP) is 14.3. The number of para-hydroxylation sites is 2. The number of rotatable bonds is 3. The van der Waals surface area contributed by atoms with Crippen molar-refractivity contribution >= 4 is 107 Å². The van der Waals surface area contributed by atoms with Crippen LogP contribution in [0.4, 0.5) is 0 Å². The van der Waals surface area contributed by atoms with Crippen molar-refractivity contribution in [3.8, 4) is 22.5 Å². The van der Waals surface area contributed by atoms with Crippen molar-refractivity contribution in [2.24, 2.45) is 0 Å². The van der Waals surface area contributed by atoms with Gasteiger partial charge in [0.2, 0.25) is 0 Å². The molecule has 0 aliphatic carbocycles. The Balaban J connectivity index is 1.08. The second-order valence-electron chi connectivity index (χ2n) is 13.7. The zero-order valence-electron chi connectivity index (χ0n) is 27.9. The largest absolute Gasteiger partial charge is 0.309 e. The van der Waals surface area contributed by atoms with E-state index in [4.69, 9.17) is 0 Å². The first-order valence-corrected chi connectivity index (χ1v) is 19.3. The minimum Gasteiger partial charge on any atom is -0.309 e. The van der Waals surface area contributed by atoms with Gasteiger partial charge in [-0.2, -0.15) is 0 Å². The minimum absolute atomic E-state index is 1.22. The summed E-state index contributed by atoms with van der Waals surface area (Å²) in [4.78, 5) is 0.